The average molecular weight is 305 g/mol. The van der Waals surface area contributed by atoms with Crippen LogP contribution in [0.5, 0.6) is 5.75 Å². The molecule has 1 amide bonds. The summed E-state index contributed by atoms with van der Waals surface area (Å²) in [6, 6.07) is 6.79. The molecule has 1 heterocycles. The number of nitrogens with one attached hydrogen (secondary N) is 1. The van der Waals surface area contributed by atoms with Crippen LogP contribution in [0.4, 0.5) is 5.69 Å². The summed E-state index contributed by atoms with van der Waals surface area (Å²) >= 11 is 0. The molecule has 8 heteroatoms. The third-order valence-corrected chi connectivity index (χ3v) is 2.46. The summed E-state index contributed by atoms with van der Waals surface area (Å²) in [4.78, 5) is 26.1. The Balaban J connectivity index is 1.90. The zero-order valence-corrected chi connectivity index (χ0v) is 12.2. The molecule has 0 saturated carbocycles. The predicted octanol–water partition coefficient (Wildman–Crippen LogP) is 1.78. The maximum absolute atomic E-state index is 11.4. The zero-order valence-electron chi connectivity index (χ0n) is 12.2. The van der Waals surface area contributed by atoms with Crippen molar-refractivity contribution in [3.05, 3.63) is 36.0 Å². The number of nitrogens with zero attached hydrogens (tertiary/aromatic N) is 2. The van der Waals surface area contributed by atoms with Crippen molar-refractivity contribution in [3.63, 3.8) is 0 Å². The van der Waals surface area contributed by atoms with Crippen LogP contribution in [0.2, 0.25) is 0 Å². The molecule has 0 radical (unpaired) electrons. The molecule has 1 aromatic carbocycles. The number of ether oxygens (including phenoxy) is 2. The van der Waals surface area contributed by atoms with E-state index in [1.807, 2.05) is 0 Å². The number of anilines is 1. The molecule has 0 atom stereocenters. The molecule has 0 fully saturated rings. The molecule has 0 spiro atoms. The number of benzene rings is 1. The number of hydrogen-bond donors (Lipinski definition) is 1. The van der Waals surface area contributed by atoms with E-state index >= 15 is 0 Å². The highest BCUT2D eigenvalue weighted by molar-refractivity contribution is 5.88. The number of aromatic nitrogens is 2. The lowest BCUT2D eigenvalue weighted by molar-refractivity contribution is -0.114. The third-order valence-electron chi connectivity index (χ3n) is 2.46. The van der Waals surface area contributed by atoms with Crippen molar-refractivity contribution in [1.29, 1.82) is 0 Å². The molecular weight excluding hydrogens is 290 g/mol. The Morgan fingerprint density at radius 3 is 2.64 bits per heavy atom. The van der Waals surface area contributed by atoms with Crippen LogP contribution in [-0.2, 0) is 16.1 Å². The van der Waals surface area contributed by atoms with Crippen LogP contribution < -0.4 is 10.1 Å². The Bertz CT molecular complexity index is 651. The SMILES string of the molecule is CCOC(=O)c1nc(COc2ccc(NC(C)=O)cc2)no1. The molecule has 0 saturated heterocycles. The summed E-state index contributed by atoms with van der Waals surface area (Å²) in [5.41, 5.74) is 0.670. The van der Waals surface area contributed by atoms with Gasteiger partial charge in [0.05, 0.1) is 6.61 Å². The van der Waals surface area contributed by atoms with Gasteiger partial charge in [0, 0.05) is 12.6 Å². The average Bonchev–Trinajstić information content (AvgIpc) is 2.95. The molecular formula is C14H15N3O5. The second kappa shape index (κ2) is 7.21. The molecule has 0 bridgehead atoms. The standard InChI is InChI=1S/C14H15N3O5/c1-3-20-14(19)13-16-12(17-22-13)8-21-11-6-4-10(5-7-11)15-9(2)18/h4-7H,3,8H2,1-2H3,(H,15,18). The van der Waals surface area contributed by atoms with E-state index in [9.17, 15) is 9.59 Å². The molecule has 22 heavy (non-hydrogen) atoms. The van der Waals surface area contributed by atoms with Crippen molar-refractivity contribution < 1.29 is 23.6 Å². The van der Waals surface area contributed by atoms with Gasteiger partial charge in [-0.25, -0.2) is 4.79 Å². The minimum Gasteiger partial charge on any atom is -0.485 e. The highest BCUT2D eigenvalue weighted by Gasteiger charge is 2.16. The lowest BCUT2D eigenvalue weighted by Gasteiger charge is -2.05. The lowest BCUT2D eigenvalue weighted by atomic mass is 10.3. The number of rotatable bonds is 6. The Morgan fingerprint density at radius 2 is 2.00 bits per heavy atom. The monoisotopic (exact) mass is 305 g/mol. The van der Waals surface area contributed by atoms with Crippen LogP contribution in [-0.4, -0.2) is 28.6 Å². The molecule has 0 unspecified atom stereocenters. The third kappa shape index (κ3) is 4.30. The van der Waals surface area contributed by atoms with E-state index < -0.39 is 5.97 Å². The first-order valence-corrected chi connectivity index (χ1v) is 6.58. The summed E-state index contributed by atoms with van der Waals surface area (Å²) in [5, 5.41) is 6.27. The summed E-state index contributed by atoms with van der Waals surface area (Å²) in [7, 11) is 0. The molecule has 1 aromatic heterocycles. The molecule has 0 aliphatic rings. The number of carbonyl (C=O) groups is 2. The molecule has 0 aliphatic carbocycles. The Hall–Kier alpha value is -2.90. The van der Waals surface area contributed by atoms with Gasteiger partial charge in [0.25, 0.3) is 0 Å². The van der Waals surface area contributed by atoms with Crippen molar-refractivity contribution in [2.75, 3.05) is 11.9 Å². The van der Waals surface area contributed by atoms with E-state index in [2.05, 4.69) is 15.5 Å². The normalized spacial score (nSPS) is 10.1. The first-order chi connectivity index (χ1) is 10.6. The highest BCUT2D eigenvalue weighted by Crippen LogP contribution is 2.16. The van der Waals surface area contributed by atoms with E-state index in [4.69, 9.17) is 14.0 Å². The number of carbonyl (C=O) groups excluding carboxylic acids is 2. The summed E-state index contributed by atoms with van der Waals surface area (Å²) in [6.07, 6.45) is 0. The van der Waals surface area contributed by atoms with Crippen LogP contribution >= 0.6 is 0 Å². The second-order valence-corrected chi connectivity index (χ2v) is 4.23. The maximum Gasteiger partial charge on any atom is 0.397 e. The van der Waals surface area contributed by atoms with Crippen LogP contribution in [0.25, 0.3) is 0 Å². The fraction of sp³-hybridized carbons (Fsp3) is 0.286. The minimum atomic E-state index is -0.666. The van der Waals surface area contributed by atoms with Crippen molar-refractivity contribution >= 4 is 17.6 Å². The van der Waals surface area contributed by atoms with Gasteiger partial charge in [-0.3, -0.25) is 4.79 Å². The first kappa shape index (κ1) is 15.5. The summed E-state index contributed by atoms with van der Waals surface area (Å²) in [5.74, 6) is -0.222. The van der Waals surface area contributed by atoms with Gasteiger partial charge in [-0.05, 0) is 31.2 Å². The van der Waals surface area contributed by atoms with Gasteiger partial charge in [0.1, 0.15) is 5.75 Å². The van der Waals surface area contributed by atoms with E-state index in [-0.39, 0.29) is 30.8 Å². The Morgan fingerprint density at radius 1 is 1.27 bits per heavy atom. The van der Waals surface area contributed by atoms with Gasteiger partial charge >= 0.3 is 11.9 Å². The fourth-order valence-corrected chi connectivity index (χ4v) is 1.57. The smallest absolute Gasteiger partial charge is 0.397 e. The number of amides is 1. The second-order valence-electron chi connectivity index (χ2n) is 4.23. The van der Waals surface area contributed by atoms with E-state index in [1.165, 1.54) is 6.92 Å². The first-order valence-electron chi connectivity index (χ1n) is 6.58. The topological polar surface area (TPSA) is 104 Å². The molecule has 0 aliphatic heterocycles. The van der Waals surface area contributed by atoms with Gasteiger partial charge in [0.2, 0.25) is 11.7 Å². The van der Waals surface area contributed by atoms with E-state index in [0.717, 1.165) is 0 Å². The highest BCUT2D eigenvalue weighted by atomic mass is 16.6. The maximum atomic E-state index is 11.4. The van der Waals surface area contributed by atoms with Crippen LogP contribution in [0.1, 0.15) is 30.4 Å². The van der Waals surface area contributed by atoms with Crippen LogP contribution in [0, 0.1) is 0 Å². The summed E-state index contributed by atoms with van der Waals surface area (Å²) < 4.78 is 15.0. The van der Waals surface area contributed by atoms with Crippen LogP contribution in [0.3, 0.4) is 0 Å². The van der Waals surface area contributed by atoms with Crippen molar-refractivity contribution in [2.24, 2.45) is 0 Å². The van der Waals surface area contributed by atoms with Gasteiger partial charge in [0.15, 0.2) is 6.61 Å². The number of esters is 1. The molecule has 1 N–H and O–H groups in total. The predicted molar refractivity (Wildman–Crippen MR) is 75.3 cm³/mol. The molecule has 2 aromatic rings. The van der Waals surface area contributed by atoms with E-state index in [1.54, 1.807) is 31.2 Å². The van der Waals surface area contributed by atoms with Gasteiger partial charge < -0.3 is 19.3 Å². The van der Waals surface area contributed by atoms with Gasteiger partial charge in [-0.2, -0.15) is 4.98 Å². The number of hydrogen-bond acceptors (Lipinski definition) is 7. The molecule has 2 rings (SSSR count). The fourth-order valence-electron chi connectivity index (χ4n) is 1.57. The quantitative estimate of drug-likeness (QED) is 0.811. The lowest BCUT2D eigenvalue weighted by Crippen LogP contribution is -2.06. The Kier molecular flexibility index (Phi) is 5.07. The van der Waals surface area contributed by atoms with Crippen LogP contribution in [0.15, 0.2) is 28.8 Å². The summed E-state index contributed by atoms with van der Waals surface area (Å²) in [6.45, 7) is 3.39. The van der Waals surface area contributed by atoms with Crippen molar-refractivity contribution in [1.82, 2.24) is 10.1 Å². The van der Waals surface area contributed by atoms with Crippen molar-refractivity contribution in [3.8, 4) is 5.75 Å². The van der Waals surface area contributed by atoms with Crippen molar-refractivity contribution in [2.45, 2.75) is 20.5 Å². The Labute approximate surface area is 126 Å². The van der Waals surface area contributed by atoms with E-state index in [0.29, 0.717) is 11.4 Å². The van der Waals surface area contributed by atoms with Gasteiger partial charge in [-0.15, -0.1) is 0 Å². The van der Waals surface area contributed by atoms with Gasteiger partial charge in [-0.1, -0.05) is 5.16 Å². The molecule has 8 nitrogen and oxygen atoms in total. The zero-order chi connectivity index (χ0) is 15.9. The minimum absolute atomic E-state index is 0.0440. The molecule has 116 valence electrons. The largest absolute Gasteiger partial charge is 0.485 e.